The molecule has 1 unspecified atom stereocenters. The van der Waals surface area contributed by atoms with Gasteiger partial charge in [0, 0.05) is 19.3 Å². The first-order valence-electron chi connectivity index (χ1n) is 6.56. The largest absolute Gasteiger partial charge is 0.324 e. The molecule has 1 saturated heterocycles. The van der Waals surface area contributed by atoms with E-state index in [2.05, 4.69) is 17.2 Å². The van der Waals surface area contributed by atoms with Crippen LogP contribution in [0, 0.1) is 19.8 Å². The van der Waals surface area contributed by atoms with Gasteiger partial charge in [0.25, 0.3) is 0 Å². The number of amides is 2. The second-order valence-electron chi connectivity index (χ2n) is 5.21. The van der Waals surface area contributed by atoms with Gasteiger partial charge in [-0.3, -0.25) is 4.98 Å². The molecule has 4 heteroatoms. The highest BCUT2D eigenvalue weighted by molar-refractivity contribution is 5.90. The number of urea groups is 1. The van der Waals surface area contributed by atoms with E-state index >= 15 is 0 Å². The van der Waals surface area contributed by atoms with E-state index in [-0.39, 0.29) is 6.03 Å². The van der Waals surface area contributed by atoms with Crippen molar-refractivity contribution in [2.75, 3.05) is 18.4 Å². The summed E-state index contributed by atoms with van der Waals surface area (Å²) in [4.78, 5) is 18.3. The minimum atomic E-state index is 0.000694. The summed E-state index contributed by atoms with van der Waals surface area (Å²) in [6, 6.07) is 1.92. The Hall–Kier alpha value is -1.58. The van der Waals surface area contributed by atoms with Crippen LogP contribution in [0.15, 0.2) is 12.3 Å². The Morgan fingerprint density at radius 2 is 2.28 bits per heavy atom. The summed E-state index contributed by atoms with van der Waals surface area (Å²) in [6.07, 6.45) is 4.08. The van der Waals surface area contributed by atoms with Gasteiger partial charge >= 0.3 is 6.03 Å². The topological polar surface area (TPSA) is 45.2 Å². The Morgan fingerprint density at radius 3 is 2.94 bits per heavy atom. The van der Waals surface area contributed by atoms with Crippen LogP contribution in [0.4, 0.5) is 10.5 Å². The molecule has 0 radical (unpaired) electrons. The second kappa shape index (κ2) is 5.38. The lowest BCUT2D eigenvalue weighted by Gasteiger charge is -2.31. The molecule has 0 saturated carbocycles. The number of nitrogens with one attached hydrogen (secondary N) is 1. The molecule has 1 aromatic heterocycles. The SMILES string of the molecule is Cc1ccnc(C)c1NC(=O)N1CCCC(C)C1. The molecule has 2 heterocycles. The van der Waals surface area contributed by atoms with E-state index in [1.165, 1.54) is 6.42 Å². The molecular formula is C14H21N3O. The molecule has 1 aliphatic rings. The summed E-state index contributed by atoms with van der Waals surface area (Å²) in [6.45, 7) is 7.81. The molecule has 0 bridgehead atoms. The van der Waals surface area contributed by atoms with Crippen LogP contribution in [0.3, 0.4) is 0 Å². The zero-order valence-corrected chi connectivity index (χ0v) is 11.4. The molecule has 0 aromatic carbocycles. The van der Waals surface area contributed by atoms with Gasteiger partial charge in [0.05, 0.1) is 11.4 Å². The van der Waals surface area contributed by atoms with Gasteiger partial charge < -0.3 is 10.2 Å². The first-order valence-corrected chi connectivity index (χ1v) is 6.56. The van der Waals surface area contributed by atoms with Crippen LogP contribution in [-0.2, 0) is 0 Å². The molecule has 0 aliphatic carbocycles. The maximum atomic E-state index is 12.2. The van der Waals surface area contributed by atoms with Crippen LogP contribution < -0.4 is 5.32 Å². The lowest BCUT2D eigenvalue weighted by atomic mass is 10.0. The van der Waals surface area contributed by atoms with E-state index in [0.717, 1.165) is 36.5 Å². The lowest BCUT2D eigenvalue weighted by Crippen LogP contribution is -2.41. The fraction of sp³-hybridized carbons (Fsp3) is 0.571. The van der Waals surface area contributed by atoms with Crippen LogP contribution in [0.25, 0.3) is 0 Å². The average Bonchev–Trinajstić information content (AvgIpc) is 2.34. The van der Waals surface area contributed by atoms with Crippen LogP contribution in [0.5, 0.6) is 0 Å². The molecule has 2 rings (SSSR count). The van der Waals surface area contributed by atoms with Crippen molar-refractivity contribution in [3.63, 3.8) is 0 Å². The predicted molar refractivity (Wildman–Crippen MR) is 72.7 cm³/mol. The van der Waals surface area contributed by atoms with Gasteiger partial charge in [0.2, 0.25) is 0 Å². The Morgan fingerprint density at radius 1 is 1.50 bits per heavy atom. The van der Waals surface area contributed by atoms with Gasteiger partial charge in [-0.15, -0.1) is 0 Å². The van der Waals surface area contributed by atoms with Crippen LogP contribution in [0.2, 0.25) is 0 Å². The number of hydrogen-bond donors (Lipinski definition) is 1. The van der Waals surface area contributed by atoms with E-state index in [0.29, 0.717) is 5.92 Å². The highest BCUT2D eigenvalue weighted by Crippen LogP contribution is 2.20. The lowest BCUT2D eigenvalue weighted by molar-refractivity contribution is 0.182. The first-order chi connectivity index (χ1) is 8.58. The molecule has 98 valence electrons. The Bertz CT molecular complexity index is 424. The molecule has 1 aliphatic heterocycles. The molecule has 4 nitrogen and oxygen atoms in total. The highest BCUT2D eigenvalue weighted by atomic mass is 16.2. The molecule has 1 N–H and O–H groups in total. The Balaban J connectivity index is 2.07. The Kier molecular flexibility index (Phi) is 3.84. The van der Waals surface area contributed by atoms with E-state index in [1.54, 1.807) is 6.20 Å². The van der Waals surface area contributed by atoms with Gasteiger partial charge in [-0.1, -0.05) is 6.92 Å². The predicted octanol–water partition coefficient (Wildman–Crippen LogP) is 2.96. The number of rotatable bonds is 1. The number of anilines is 1. The highest BCUT2D eigenvalue weighted by Gasteiger charge is 2.21. The van der Waals surface area contributed by atoms with Gasteiger partial charge in [-0.25, -0.2) is 4.79 Å². The van der Waals surface area contributed by atoms with Gasteiger partial charge in [0.1, 0.15) is 0 Å². The number of pyridine rings is 1. The van der Waals surface area contributed by atoms with Gasteiger partial charge in [-0.05, 0) is 44.2 Å². The summed E-state index contributed by atoms with van der Waals surface area (Å²) in [5.41, 5.74) is 2.77. The van der Waals surface area contributed by atoms with Crippen LogP contribution >= 0.6 is 0 Å². The van der Waals surface area contributed by atoms with Crippen molar-refractivity contribution in [2.45, 2.75) is 33.6 Å². The zero-order chi connectivity index (χ0) is 13.1. The molecule has 2 amide bonds. The standard InChI is InChI=1S/C14H21N3O/c1-10-5-4-8-17(9-10)14(18)16-13-11(2)6-7-15-12(13)3/h6-7,10H,4-5,8-9H2,1-3H3,(H,16,18). The first kappa shape index (κ1) is 12.9. The summed E-state index contributed by atoms with van der Waals surface area (Å²) in [5.74, 6) is 0.598. The van der Waals surface area contributed by atoms with Gasteiger partial charge in [-0.2, -0.15) is 0 Å². The maximum Gasteiger partial charge on any atom is 0.321 e. The van der Waals surface area contributed by atoms with Crippen molar-refractivity contribution in [1.82, 2.24) is 9.88 Å². The van der Waals surface area contributed by atoms with Crippen LogP contribution in [-0.4, -0.2) is 29.0 Å². The summed E-state index contributed by atoms with van der Waals surface area (Å²) >= 11 is 0. The second-order valence-corrected chi connectivity index (χ2v) is 5.21. The van der Waals surface area contributed by atoms with Crippen molar-refractivity contribution in [1.29, 1.82) is 0 Å². The number of aromatic nitrogens is 1. The molecule has 0 spiro atoms. The third kappa shape index (κ3) is 2.81. The number of nitrogens with zero attached hydrogens (tertiary/aromatic N) is 2. The Labute approximate surface area is 108 Å². The summed E-state index contributed by atoms with van der Waals surface area (Å²) in [5, 5.41) is 2.99. The van der Waals surface area contributed by atoms with E-state index in [1.807, 2.05) is 24.8 Å². The maximum absolute atomic E-state index is 12.2. The molecule has 1 aromatic rings. The number of likely N-dealkylation sites (tertiary alicyclic amines) is 1. The molecule has 1 atom stereocenters. The minimum absolute atomic E-state index is 0.000694. The van der Waals surface area contributed by atoms with Crippen LogP contribution in [0.1, 0.15) is 31.0 Å². The molecule has 18 heavy (non-hydrogen) atoms. The fourth-order valence-electron chi connectivity index (χ4n) is 2.44. The van der Waals surface area contributed by atoms with Crippen molar-refractivity contribution in [2.24, 2.45) is 5.92 Å². The van der Waals surface area contributed by atoms with Gasteiger partial charge in [0.15, 0.2) is 0 Å². The minimum Gasteiger partial charge on any atom is -0.324 e. The quantitative estimate of drug-likeness (QED) is 0.829. The van der Waals surface area contributed by atoms with Crippen molar-refractivity contribution >= 4 is 11.7 Å². The average molecular weight is 247 g/mol. The number of piperidine rings is 1. The fourth-order valence-corrected chi connectivity index (χ4v) is 2.44. The van der Waals surface area contributed by atoms with E-state index in [4.69, 9.17) is 0 Å². The summed E-state index contributed by atoms with van der Waals surface area (Å²) in [7, 11) is 0. The zero-order valence-electron chi connectivity index (χ0n) is 11.4. The molecular weight excluding hydrogens is 226 g/mol. The van der Waals surface area contributed by atoms with E-state index < -0.39 is 0 Å². The number of aryl methyl sites for hydroxylation is 2. The smallest absolute Gasteiger partial charge is 0.321 e. The summed E-state index contributed by atoms with van der Waals surface area (Å²) < 4.78 is 0. The third-order valence-electron chi connectivity index (χ3n) is 3.53. The number of hydrogen-bond acceptors (Lipinski definition) is 2. The third-order valence-corrected chi connectivity index (χ3v) is 3.53. The van der Waals surface area contributed by atoms with E-state index in [9.17, 15) is 4.79 Å². The number of carbonyl (C=O) groups excluding carboxylic acids is 1. The van der Waals surface area contributed by atoms with Crippen molar-refractivity contribution in [3.05, 3.63) is 23.5 Å². The number of carbonyl (C=O) groups is 1. The molecule has 1 fully saturated rings. The normalized spacial score (nSPS) is 19.7. The van der Waals surface area contributed by atoms with Crippen molar-refractivity contribution < 1.29 is 4.79 Å². The monoisotopic (exact) mass is 247 g/mol. The van der Waals surface area contributed by atoms with Crippen molar-refractivity contribution in [3.8, 4) is 0 Å².